The van der Waals surface area contributed by atoms with Gasteiger partial charge in [-0.1, -0.05) is 6.07 Å². The molecule has 0 atom stereocenters. The second-order valence-electron chi connectivity index (χ2n) is 5.19. The second-order valence-corrected chi connectivity index (χ2v) is 5.19. The van der Waals surface area contributed by atoms with E-state index in [-0.39, 0.29) is 6.61 Å². The fraction of sp³-hybridized carbons (Fsp3) is 0.312. The zero-order valence-corrected chi connectivity index (χ0v) is 12.7. The number of aliphatic hydroxyl groups is 1. The molecule has 0 aliphatic heterocycles. The summed E-state index contributed by atoms with van der Waals surface area (Å²) in [7, 11) is 0. The van der Waals surface area contributed by atoms with E-state index in [2.05, 4.69) is 38.7 Å². The topological polar surface area (TPSA) is 75.9 Å². The highest BCUT2D eigenvalue weighted by atomic mass is 16.3. The van der Waals surface area contributed by atoms with Crippen LogP contribution in [0.5, 0.6) is 0 Å². The number of aromatic nitrogens is 4. The molecule has 6 heteroatoms. The van der Waals surface area contributed by atoms with Gasteiger partial charge in [-0.25, -0.2) is 9.97 Å². The lowest BCUT2D eigenvalue weighted by Gasteiger charge is -2.08. The van der Waals surface area contributed by atoms with Crippen molar-refractivity contribution in [3.8, 4) is 0 Å². The third-order valence-corrected chi connectivity index (χ3v) is 3.86. The molecule has 3 aromatic heterocycles. The summed E-state index contributed by atoms with van der Waals surface area (Å²) in [5.74, 6) is 0.763. The van der Waals surface area contributed by atoms with Gasteiger partial charge in [-0.3, -0.25) is 4.98 Å². The molecule has 0 bridgehead atoms. The Bertz CT molecular complexity index is 782. The predicted molar refractivity (Wildman–Crippen MR) is 85.9 cm³/mol. The minimum Gasteiger partial charge on any atom is -0.395 e. The third-order valence-electron chi connectivity index (χ3n) is 3.86. The van der Waals surface area contributed by atoms with Gasteiger partial charge in [-0.15, -0.1) is 0 Å². The van der Waals surface area contributed by atoms with Gasteiger partial charge in [0.25, 0.3) is 0 Å². The van der Waals surface area contributed by atoms with Gasteiger partial charge in [0.05, 0.1) is 24.2 Å². The second kappa shape index (κ2) is 6.11. The van der Waals surface area contributed by atoms with E-state index >= 15 is 0 Å². The van der Waals surface area contributed by atoms with Crippen LogP contribution in [0.2, 0.25) is 0 Å². The number of pyridine rings is 1. The molecule has 0 saturated carbocycles. The van der Waals surface area contributed by atoms with E-state index in [4.69, 9.17) is 5.11 Å². The number of anilines is 1. The van der Waals surface area contributed by atoms with Crippen LogP contribution in [0, 0.1) is 13.8 Å². The average molecular weight is 297 g/mol. The molecule has 0 aliphatic rings. The van der Waals surface area contributed by atoms with Crippen LogP contribution in [0.4, 0.5) is 5.82 Å². The molecule has 0 aliphatic carbocycles. The van der Waals surface area contributed by atoms with Gasteiger partial charge in [-0.2, -0.15) is 0 Å². The Balaban J connectivity index is 2.09. The van der Waals surface area contributed by atoms with Crippen LogP contribution in [0.15, 0.2) is 30.7 Å². The van der Waals surface area contributed by atoms with Gasteiger partial charge in [0, 0.05) is 18.4 Å². The van der Waals surface area contributed by atoms with Crippen LogP contribution in [-0.2, 0) is 6.54 Å². The number of rotatable bonds is 5. The molecular weight excluding hydrogens is 278 g/mol. The normalized spacial score (nSPS) is 11.0. The lowest BCUT2D eigenvalue weighted by atomic mass is 10.2. The van der Waals surface area contributed by atoms with E-state index in [0.717, 1.165) is 33.8 Å². The smallest absolute Gasteiger partial charge is 0.146 e. The van der Waals surface area contributed by atoms with Crippen molar-refractivity contribution in [2.75, 3.05) is 18.5 Å². The maximum atomic E-state index is 9.00. The largest absolute Gasteiger partial charge is 0.395 e. The van der Waals surface area contributed by atoms with Crippen molar-refractivity contribution < 1.29 is 5.11 Å². The lowest BCUT2D eigenvalue weighted by molar-refractivity contribution is 0.311. The number of aliphatic hydroxyl groups excluding tert-OH is 1. The summed E-state index contributed by atoms with van der Waals surface area (Å²) in [5, 5.41) is 13.2. The van der Waals surface area contributed by atoms with Crippen molar-refractivity contribution in [3.63, 3.8) is 0 Å². The Morgan fingerprint density at radius 2 is 2.05 bits per heavy atom. The van der Waals surface area contributed by atoms with E-state index < -0.39 is 0 Å². The number of hydrogen-bond acceptors (Lipinski definition) is 5. The summed E-state index contributed by atoms with van der Waals surface area (Å²) in [6.07, 6.45) is 3.35. The molecule has 3 rings (SSSR count). The van der Waals surface area contributed by atoms with E-state index in [1.807, 2.05) is 18.2 Å². The maximum Gasteiger partial charge on any atom is 0.146 e. The summed E-state index contributed by atoms with van der Waals surface area (Å²) in [5.41, 5.74) is 4.17. The molecule has 0 aromatic carbocycles. The van der Waals surface area contributed by atoms with Crippen LogP contribution in [0.3, 0.4) is 0 Å². The Labute approximate surface area is 128 Å². The highest BCUT2D eigenvalue weighted by Gasteiger charge is 2.16. The molecule has 6 nitrogen and oxygen atoms in total. The number of nitrogens with zero attached hydrogens (tertiary/aromatic N) is 4. The highest BCUT2D eigenvalue weighted by Crippen LogP contribution is 2.28. The SMILES string of the molecule is Cc1c(C)n(Cc2ccccn2)c2ncnc(NCCO)c12. The van der Waals surface area contributed by atoms with Crippen molar-refractivity contribution in [1.82, 2.24) is 19.5 Å². The van der Waals surface area contributed by atoms with E-state index in [0.29, 0.717) is 13.1 Å². The fourth-order valence-electron chi connectivity index (χ4n) is 2.62. The summed E-state index contributed by atoms with van der Waals surface area (Å²) in [6.45, 7) is 5.36. The molecule has 0 amide bonds. The standard InChI is InChI=1S/C16H19N5O/c1-11-12(2)21(9-13-5-3-4-6-17-13)16-14(11)15(18-7-8-22)19-10-20-16/h3-6,10,22H,7-9H2,1-2H3,(H,18,19,20). The first-order valence-electron chi connectivity index (χ1n) is 7.27. The zero-order chi connectivity index (χ0) is 15.5. The molecule has 0 saturated heterocycles. The number of aryl methyl sites for hydroxylation is 1. The predicted octanol–water partition coefficient (Wildman–Crippen LogP) is 1.90. The van der Waals surface area contributed by atoms with Crippen LogP contribution in [0.25, 0.3) is 11.0 Å². The molecule has 0 spiro atoms. The minimum atomic E-state index is 0.0676. The number of nitrogens with one attached hydrogen (secondary N) is 1. The van der Waals surface area contributed by atoms with Gasteiger partial charge < -0.3 is 15.0 Å². The first kappa shape index (κ1) is 14.5. The average Bonchev–Trinajstić information content (AvgIpc) is 2.79. The monoisotopic (exact) mass is 297 g/mol. The van der Waals surface area contributed by atoms with E-state index in [1.54, 1.807) is 12.5 Å². The van der Waals surface area contributed by atoms with Crippen LogP contribution in [-0.4, -0.2) is 37.8 Å². The van der Waals surface area contributed by atoms with E-state index in [9.17, 15) is 0 Å². The molecule has 3 heterocycles. The molecule has 2 N–H and O–H groups in total. The molecule has 0 fully saturated rings. The van der Waals surface area contributed by atoms with Crippen molar-refractivity contribution in [3.05, 3.63) is 47.7 Å². The third kappa shape index (κ3) is 2.53. The Morgan fingerprint density at radius 3 is 2.77 bits per heavy atom. The van der Waals surface area contributed by atoms with Crippen molar-refractivity contribution in [1.29, 1.82) is 0 Å². The molecule has 22 heavy (non-hydrogen) atoms. The Kier molecular flexibility index (Phi) is 4.02. The van der Waals surface area contributed by atoms with Crippen LogP contribution < -0.4 is 5.32 Å². The van der Waals surface area contributed by atoms with E-state index in [1.165, 1.54) is 0 Å². The zero-order valence-electron chi connectivity index (χ0n) is 12.7. The van der Waals surface area contributed by atoms with Gasteiger partial charge in [-0.05, 0) is 31.5 Å². The first-order chi connectivity index (χ1) is 10.7. The van der Waals surface area contributed by atoms with Gasteiger partial charge >= 0.3 is 0 Å². The summed E-state index contributed by atoms with van der Waals surface area (Å²) >= 11 is 0. The maximum absolute atomic E-state index is 9.00. The first-order valence-corrected chi connectivity index (χ1v) is 7.27. The van der Waals surface area contributed by atoms with Gasteiger partial charge in [0.15, 0.2) is 0 Å². The molecule has 114 valence electrons. The molecule has 0 unspecified atom stereocenters. The molecule has 3 aromatic rings. The van der Waals surface area contributed by atoms with Gasteiger partial charge in [0.1, 0.15) is 17.8 Å². The quantitative estimate of drug-likeness (QED) is 0.752. The van der Waals surface area contributed by atoms with Crippen LogP contribution >= 0.6 is 0 Å². The Hall–Kier alpha value is -2.47. The van der Waals surface area contributed by atoms with Crippen molar-refractivity contribution in [2.24, 2.45) is 0 Å². The fourth-order valence-corrected chi connectivity index (χ4v) is 2.62. The molecular formula is C16H19N5O. The summed E-state index contributed by atoms with van der Waals surface area (Å²) < 4.78 is 2.15. The summed E-state index contributed by atoms with van der Waals surface area (Å²) in [6, 6.07) is 5.90. The van der Waals surface area contributed by atoms with Crippen molar-refractivity contribution >= 4 is 16.9 Å². The lowest BCUT2D eigenvalue weighted by Crippen LogP contribution is -2.08. The highest BCUT2D eigenvalue weighted by molar-refractivity contribution is 5.91. The number of fused-ring (bicyclic) bond motifs is 1. The minimum absolute atomic E-state index is 0.0676. The van der Waals surface area contributed by atoms with Crippen molar-refractivity contribution in [2.45, 2.75) is 20.4 Å². The summed E-state index contributed by atoms with van der Waals surface area (Å²) in [4.78, 5) is 13.1. The van der Waals surface area contributed by atoms with Crippen LogP contribution in [0.1, 0.15) is 17.0 Å². The number of hydrogen-bond donors (Lipinski definition) is 2. The molecule has 0 radical (unpaired) electrons. The van der Waals surface area contributed by atoms with Gasteiger partial charge in [0.2, 0.25) is 0 Å². The Morgan fingerprint density at radius 1 is 1.18 bits per heavy atom.